The van der Waals surface area contributed by atoms with E-state index in [1.165, 1.54) is 0 Å². The lowest BCUT2D eigenvalue weighted by atomic mass is 9.56. The van der Waals surface area contributed by atoms with E-state index in [9.17, 15) is 9.59 Å². The highest BCUT2D eigenvalue weighted by Crippen LogP contribution is 2.60. The fourth-order valence-electron chi connectivity index (χ4n) is 4.29. The predicted molar refractivity (Wildman–Crippen MR) is 65.7 cm³/mol. The van der Waals surface area contributed by atoms with Gasteiger partial charge in [0.1, 0.15) is 11.9 Å². The van der Waals surface area contributed by atoms with Crippen LogP contribution in [0.1, 0.15) is 33.1 Å². The Bertz CT molecular complexity index is 571. The summed E-state index contributed by atoms with van der Waals surface area (Å²) in [4.78, 5) is 23.9. The number of allylic oxidation sites excluding steroid dienone is 1. The van der Waals surface area contributed by atoms with Crippen molar-refractivity contribution in [2.45, 2.75) is 39.2 Å². The van der Waals surface area contributed by atoms with Crippen LogP contribution in [0.3, 0.4) is 0 Å². The summed E-state index contributed by atoms with van der Waals surface area (Å²) >= 11 is 0. The van der Waals surface area contributed by atoms with Gasteiger partial charge in [-0.1, -0.05) is 13.3 Å². The second-order valence-corrected chi connectivity index (χ2v) is 6.23. The average molecular weight is 260 g/mol. The number of hydrogen-bond donors (Lipinski definition) is 0. The van der Waals surface area contributed by atoms with Gasteiger partial charge < -0.3 is 9.47 Å². The maximum absolute atomic E-state index is 12.1. The molecule has 2 aliphatic carbocycles. The van der Waals surface area contributed by atoms with Crippen molar-refractivity contribution in [3.8, 4) is 0 Å². The molecular weight excluding hydrogens is 244 g/mol. The molecule has 1 saturated heterocycles. The number of rotatable bonds is 0. The van der Waals surface area contributed by atoms with Gasteiger partial charge in [0, 0.05) is 16.6 Å². The molecule has 0 bridgehead atoms. The summed E-state index contributed by atoms with van der Waals surface area (Å²) in [5, 5.41) is 0. The quantitative estimate of drug-likeness (QED) is 0.626. The van der Waals surface area contributed by atoms with Crippen molar-refractivity contribution in [2.24, 2.45) is 17.3 Å². The van der Waals surface area contributed by atoms with Crippen LogP contribution in [0.4, 0.5) is 0 Å². The monoisotopic (exact) mass is 260 g/mol. The molecule has 2 aliphatic heterocycles. The van der Waals surface area contributed by atoms with Crippen molar-refractivity contribution in [1.82, 2.24) is 0 Å². The molecule has 0 aromatic rings. The second-order valence-electron chi connectivity index (χ2n) is 6.23. The van der Waals surface area contributed by atoms with Gasteiger partial charge in [-0.3, -0.25) is 4.79 Å². The van der Waals surface area contributed by atoms with Gasteiger partial charge in [0.25, 0.3) is 0 Å². The van der Waals surface area contributed by atoms with Crippen molar-refractivity contribution in [3.63, 3.8) is 0 Å². The van der Waals surface area contributed by atoms with E-state index >= 15 is 0 Å². The molecule has 4 rings (SSSR count). The van der Waals surface area contributed by atoms with Crippen molar-refractivity contribution < 1.29 is 19.1 Å². The molecule has 2 heterocycles. The van der Waals surface area contributed by atoms with Gasteiger partial charge in [0.2, 0.25) is 0 Å². The van der Waals surface area contributed by atoms with Crippen LogP contribution in [-0.2, 0) is 19.1 Å². The van der Waals surface area contributed by atoms with Gasteiger partial charge in [-0.05, 0) is 31.8 Å². The molecule has 0 amide bonds. The SMILES string of the molecule is CC1=C2C(=C[C@H]3CCC[C@@H]4C(=O)O[C@@H]2[C@]43C)OC1=O. The smallest absolute Gasteiger partial charge is 0.339 e. The van der Waals surface area contributed by atoms with Crippen LogP contribution in [0.15, 0.2) is 23.0 Å². The highest BCUT2D eigenvalue weighted by molar-refractivity contribution is 5.95. The molecular formula is C15H16O4. The molecule has 2 fully saturated rings. The molecule has 100 valence electrons. The predicted octanol–water partition coefficient (Wildman–Crippen LogP) is 2.11. The van der Waals surface area contributed by atoms with Crippen LogP contribution in [0.2, 0.25) is 0 Å². The summed E-state index contributed by atoms with van der Waals surface area (Å²) in [6.45, 7) is 3.89. The summed E-state index contributed by atoms with van der Waals surface area (Å²) in [5.41, 5.74) is 1.19. The zero-order valence-corrected chi connectivity index (χ0v) is 11.1. The lowest BCUT2D eigenvalue weighted by Crippen LogP contribution is -2.46. The van der Waals surface area contributed by atoms with Crippen LogP contribution in [-0.4, -0.2) is 18.0 Å². The van der Waals surface area contributed by atoms with Gasteiger partial charge in [-0.25, -0.2) is 4.79 Å². The van der Waals surface area contributed by atoms with Crippen LogP contribution in [0.25, 0.3) is 0 Å². The Balaban J connectivity index is 1.94. The van der Waals surface area contributed by atoms with E-state index in [0.717, 1.165) is 24.8 Å². The fourth-order valence-corrected chi connectivity index (χ4v) is 4.29. The Morgan fingerprint density at radius 3 is 2.89 bits per heavy atom. The second kappa shape index (κ2) is 3.30. The third-order valence-corrected chi connectivity index (χ3v) is 5.43. The molecule has 19 heavy (non-hydrogen) atoms. The molecule has 1 saturated carbocycles. The Morgan fingerprint density at radius 2 is 2.11 bits per heavy atom. The van der Waals surface area contributed by atoms with Gasteiger partial charge >= 0.3 is 11.9 Å². The normalized spacial score (nSPS) is 43.5. The lowest BCUT2D eigenvalue weighted by Gasteiger charge is -2.45. The van der Waals surface area contributed by atoms with Gasteiger partial charge in [-0.2, -0.15) is 0 Å². The molecule has 4 nitrogen and oxygen atoms in total. The molecule has 4 heteroatoms. The maximum Gasteiger partial charge on any atom is 0.339 e. The topological polar surface area (TPSA) is 52.6 Å². The van der Waals surface area contributed by atoms with Crippen molar-refractivity contribution >= 4 is 11.9 Å². The Morgan fingerprint density at radius 1 is 1.32 bits per heavy atom. The Hall–Kier alpha value is -1.58. The molecule has 0 unspecified atom stereocenters. The van der Waals surface area contributed by atoms with Gasteiger partial charge in [0.15, 0.2) is 0 Å². The van der Waals surface area contributed by atoms with E-state index in [2.05, 4.69) is 6.92 Å². The minimum absolute atomic E-state index is 0.0370. The van der Waals surface area contributed by atoms with Crippen LogP contribution in [0.5, 0.6) is 0 Å². The van der Waals surface area contributed by atoms with Crippen molar-refractivity contribution in [2.75, 3.05) is 0 Å². The van der Waals surface area contributed by atoms with E-state index in [0.29, 0.717) is 11.3 Å². The first-order valence-corrected chi connectivity index (χ1v) is 6.89. The number of carbonyl (C=O) groups is 2. The third kappa shape index (κ3) is 1.15. The van der Waals surface area contributed by atoms with Gasteiger partial charge in [-0.15, -0.1) is 0 Å². The van der Waals surface area contributed by atoms with E-state index in [1.54, 1.807) is 6.92 Å². The molecule has 4 atom stereocenters. The highest BCUT2D eigenvalue weighted by Gasteiger charge is 2.63. The molecule has 4 aliphatic rings. The molecule has 0 spiro atoms. The summed E-state index contributed by atoms with van der Waals surface area (Å²) in [7, 11) is 0. The highest BCUT2D eigenvalue weighted by atomic mass is 16.6. The van der Waals surface area contributed by atoms with E-state index < -0.39 is 0 Å². The number of carbonyl (C=O) groups excluding carboxylic acids is 2. The largest absolute Gasteiger partial charge is 0.456 e. The Labute approximate surface area is 111 Å². The summed E-state index contributed by atoms with van der Waals surface area (Å²) in [6.07, 6.45) is 4.71. The first kappa shape index (κ1) is 11.3. The van der Waals surface area contributed by atoms with Crippen LogP contribution >= 0.6 is 0 Å². The molecule has 0 N–H and O–H groups in total. The Kier molecular flexibility index (Phi) is 1.95. The molecule has 0 radical (unpaired) electrons. The number of fused-ring (bicyclic) bond motifs is 2. The van der Waals surface area contributed by atoms with E-state index in [4.69, 9.17) is 9.47 Å². The van der Waals surface area contributed by atoms with Crippen molar-refractivity contribution in [3.05, 3.63) is 23.0 Å². The number of esters is 2. The summed E-state index contributed by atoms with van der Waals surface area (Å²) in [5.74, 6) is 0.449. The van der Waals surface area contributed by atoms with Crippen molar-refractivity contribution in [1.29, 1.82) is 0 Å². The van der Waals surface area contributed by atoms with E-state index in [1.807, 2.05) is 6.08 Å². The first-order valence-electron chi connectivity index (χ1n) is 6.89. The number of hydrogen-bond acceptors (Lipinski definition) is 4. The summed E-state index contributed by atoms with van der Waals surface area (Å²) in [6, 6.07) is 0. The third-order valence-electron chi connectivity index (χ3n) is 5.43. The summed E-state index contributed by atoms with van der Waals surface area (Å²) < 4.78 is 11.0. The van der Waals surface area contributed by atoms with Gasteiger partial charge in [0.05, 0.1) is 5.92 Å². The maximum atomic E-state index is 12.1. The zero-order valence-electron chi connectivity index (χ0n) is 11.1. The zero-order chi connectivity index (χ0) is 13.4. The fraction of sp³-hybridized carbons (Fsp3) is 0.600. The van der Waals surface area contributed by atoms with Crippen LogP contribution in [0, 0.1) is 17.3 Å². The van der Waals surface area contributed by atoms with Crippen LogP contribution < -0.4 is 0 Å². The number of ether oxygens (including phenoxy) is 2. The minimum atomic E-state index is -0.304. The average Bonchev–Trinajstić information content (AvgIpc) is 2.78. The first-order chi connectivity index (χ1) is 9.03. The van der Waals surface area contributed by atoms with E-state index in [-0.39, 0.29) is 35.3 Å². The molecule has 0 aromatic heterocycles. The molecule has 0 aromatic carbocycles. The minimum Gasteiger partial charge on any atom is -0.456 e. The standard InChI is InChI=1S/C15H16O4/c1-7-11-10(18-13(7)16)6-8-4-3-5-9-14(17)19-12(11)15(8,9)2/h6,8-9,12H,3-5H2,1-2H3/t8-,9-,12+,15+/m1/s1. The lowest BCUT2D eigenvalue weighted by molar-refractivity contribution is -0.143.